The van der Waals surface area contributed by atoms with Gasteiger partial charge in [0, 0.05) is 32.3 Å². The van der Waals surface area contributed by atoms with E-state index < -0.39 is 5.97 Å². The number of likely N-dealkylation sites (tertiary alicyclic amines) is 1. The molecule has 0 bridgehead atoms. The maximum Gasteiger partial charge on any atom is 0.0971 e. The zero-order valence-electron chi connectivity index (χ0n) is 16.6. The summed E-state index contributed by atoms with van der Waals surface area (Å²) in [5, 5.41) is 10.0. The molecule has 1 aliphatic rings. The van der Waals surface area contributed by atoms with E-state index in [9.17, 15) is 9.90 Å². The number of likely N-dealkylation sites (N-methyl/N-ethyl adjacent to an activating group) is 1. The molecule has 1 aliphatic heterocycles. The van der Waals surface area contributed by atoms with Gasteiger partial charge in [0.05, 0.1) is 72.4 Å². The molecule has 0 atom stereocenters. The minimum Gasteiger partial charge on any atom is -0.550 e. The maximum absolute atomic E-state index is 10.0. The van der Waals surface area contributed by atoms with Gasteiger partial charge < -0.3 is 33.3 Å². The number of ether oxygens (including phenoxy) is 4. The smallest absolute Gasteiger partial charge is 0.0971 e. The Labute approximate surface area is 158 Å². The van der Waals surface area contributed by atoms with Crippen LogP contribution in [0.25, 0.3) is 0 Å². The molecule has 154 valence electrons. The molecule has 0 aromatic rings. The standard InChI is InChI=1S/C10H20O6.C9H18N/c1-13-4-5-15-8-9-16-7-6-14-3-2-10(11)12;1-3-7-10(4-2)8-5-6-9-10/h2-9H2,1H3,(H,11,12);3H,1,4-9H2,2H3/q;+1/p-1. The fraction of sp³-hybridized carbons (Fsp3) is 0.842. The zero-order chi connectivity index (χ0) is 19.5. The molecule has 0 aromatic carbocycles. The zero-order valence-corrected chi connectivity index (χ0v) is 16.6. The quantitative estimate of drug-likeness (QED) is 0.237. The van der Waals surface area contributed by atoms with Gasteiger partial charge in [0.25, 0.3) is 0 Å². The third-order valence-corrected chi connectivity index (χ3v) is 4.33. The van der Waals surface area contributed by atoms with Gasteiger partial charge in [-0.15, -0.1) is 0 Å². The molecule has 1 heterocycles. The summed E-state index contributed by atoms with van der Waals surface area (Å²) < 4.78 is 21.4. The summed E-state index contributed by atoms with van der Waals surface area (Å²) in [5.41, 5.74) is 0. The van der Waals surface area contributed by atoms with E-state index >= 15 is 0 Å². The molecule has 0 radical (unpaired) electrons. The van der Waals surface area contributed by atoms with Crippen molar-refractivity contribution in [3.8, 4) is 0 Å². The normalized spacial score (nSPS) is 15.3. The molecule has 0 aromatic heterocycles. The lowest BCUT2D eigenvalue weighted by Crippen LogP contribution is -2.44. The molecule has 1 rings (SSSR count). The van der Waals surface area contributed by atoms with E-state index in [2.05, 4.69) is 19.6 Å². The second kappa shape index (κ2) is 17.4. The SMILES string of the molecule is C=CC[N+]1(CC)CCCC1.COCCOCCOCCOCCC(=O)[O-]. The van der Waals surface area contributed by atoms with Crippen molar-refractivity contribution in [3.63, 3.8) is 0 Å². The van der Waals surface area contributed by atoms with E-state index in [0.717, 1.165) is 0 Å². The van der Waals surface area contributed by atoms with Crippen LogP contribution in [0.15, 0.2) is 12.7 Å². The molecular formula is C19H37NO6. The number of carboxylic acids is 1. The Kier molecular flexibility index (Phi) is 16.8. The highest BCUT2D eigenvalue weighted by atomic mass is 16.6. The number of carbonyl (C=O) groups excluding carboxylic acids is 1. The van der Waals surface area contributed by atoms with Crippen LogP contribution in [0, 0.1) is 0 Å². The van der Waals surface area contributed by atoms with Crippen LogP contribution in [-0.2, 0) is 23.7 Å². The number of hydrogen-bond acceptors (Lipinski definition) is 6. The average molecular weight is 376 g/mol. The van der Waals surface area contributed by atoms with E-state index in [0.29, 0.717) is 39.6 Å². The van der Waals surface area contributed by atoms with Crippen molar-refractivity contribution >= 4 is 5.97 Å². The Balaban J connectivity index is 0.000000531. The van der Waals surface area contributed by atoms with Crippen LogP contribution < -0.4 is 5.11 Å². The van der Waals surface area contributed by atoms with Crippen molar-refractivity contribution in [1.82, 2.24) is 0 Å². The van der Waals surface area contributed by atoms with E-state index in [-0.39, 0.29) is 13.0 Å². The lowest BCUT2D eigenvalue weighted by molar-refractivity contribution is -0.909. The van der Waals surface area contributed by atoms with Crippen LogP contribution in [0.3, 0.4) is 0 Å². The minimum atomic E-state index is -1.10. The van der Waals surface area contributed by atoms with Crippen LogP contribution in [0.1, 0.15) is 26.2 Å². The second-order valence-electron chi connectivity index (χ2n) is 6.24. The summed E-state index contributed by atoms with van der Waals surface area (Å²) in [4.78, 5) is 10.0. The lowest BCUT2D eigenvalue weighted by atomic mass is 10.4. The summed E-state index contributed by atoms with van der Waals surface area (Å²) in [6, 6.07) is 0. The summed E-state index contributed by atoms with van der Waals surface area (Å²) in [7, 11) is 1.61. The van der Waals surface area contributed by atoms with Crippen molar-refractivity contribution < 1.29 is 33.3 Å². The van der Waals surface area contributed by atoms with Crippen molar-refractivity contribution in [1.29, 1.82) is 0 Å². The van der Waals surface area contributed by atoms with Crippen LogP contribution in [0.4, 0.5) is 0 Å². The number of aliphatic carboxylic acids is 1. The van der Waals surface area contributed by atoms with E-state index in [4.69, 9.17) is 18.9 Å². The molecule has 0 spiro atoms. The molecule has 0 unspecified atom stereocenters. The molecule has 0 N–H and O–H groups in total. The molecule has 0 saturated carbocycles. The number of methoxy groups -OCH3 is 1. The summed E-state index contributed by atoms with van der Waals surface area (Å²) >= 11 is 0. The third-order valence-electron chi connectivity index (χ3n) is 4.33. The van der Waals surface area contributed by atoms with Gasteiger partial charge in [-0.25, -0.2) is 0 Å². The average Bonchev–Trinajstić information content (AvgIpc) is 3.09. The number of quaternary nitrogens is 1. The van der Waals surface area contributed by atoms with E-state index in [1.54, 1.807) is 7.11 Å². The maximum atomic E-state index is 10.0. The molecule has 1 fully saturated rings. The van der Waals surface area contributed by atoms with Crippen LogP contribution in [0.5, 0.6) is 0 Å². The predicted octanol–water partition coefficient (Wildman–Crippen LogP) is 0.626. The van der Waals surface area contributed by atoms with Gasteiger partial charge in [-0.05, 0) is 13.0 Å². The number of carbonyl (C=O) groups is 1. The second-order valence-corrected chi connectivity index (χ2v) is 6.24. The number of hydrogen-bond donors (Lipinski definition) is 0. The number of rotatable bonds is 15. The molecule has 7 nitrogen and oxygen atoms in total. The van der Waals surface area contributed by atoms with Gasteiger partial charge in [-0.3, -0.25) is 0 Å². The first-order valence-corrected chi connectivity index (χ1v) is 9.48. The van der Waals surface area contributed by atoms with Gasteiger partial charge in [-0.1, -0.05) is 6.58 Å². The minimum absolute atomic E-state index is 0.0832. The van der Waals surface area contributed by atoms with Crippen molar-refractivity contribution in [2.45, 2.75) is 26.2 Å². The van der Waals surface area contributed by atoms with Crippen LogP contribution >= 0.6 is 0 Å². The van der Waals surface area contributed by atoms with Gasteiger partial charge >= 0.3 is 0 Å². The first-order chi connectivity index (χ1) is 12.6. The van der Waals surface area contributed by atoms with Gasteiger partial charge in [0.1, 0.15) is 0 Å². The Morgan fingerprint density at radius 3 is 1.92 bits per heavy atom. The van der Waals surface area contributed by atoms with Crippen LogP contribution in [0.2, 0.25) is 0 Å². The topological polar surface area (TPSA) is 77.0 Å². The first kappa shape index (κ1) is 25.0. The summed E-state index contributed by atoms with van der Waals surface area (Å²) in [6.07, 6.45) is 4.82. The predicted molar refractivity (Wildman–Crippen MR) is 98.8 cm³/mol. The largest absolute Gasteiger partial charge is 0.550 e. The van der Waals surface area contributed by atoms with Crippen LogP contribution in [-0.4, -0.2) is 90.0 Å². The van der Waals surface area contributed by atoms with Gasteiger partial charge in [0.15, 0.2) is 0 Å². The van der Waals surface area contributed by atoms with Gasteiger partial charge in [0.2, 0.25) is 0 Å². The fourth-order valence-corrected chi connectivity index (χ4v) is 2.75. The Bertz CT molecular complexity index is 345. The highest BCUT2D eigenvalue weighted by molar-refractivity contribution is 5.64. The third kappa shape index (κ3) is 14.2. The molecule has 0 amide bonds. The lowest BCUT2D eigenvalue weighted by Gasteiger charge is -2.31. The first-order valence-electron chi connectivity index (χ1n) is 9.48. The van der Waals surface area contributed by atoms with E-state index in [1.165, 1.54) is 43.5 Å². The number of carboxylic acid groups (broad SMARTS) is 1. The molecule has 1 saturated heterocycles. The Morgan fingerprint density at radius 2 is 1.50 bits per heavy atom. The molecule has 26 heavy (non-hydrogen) atoms. The van der Waals surface area contributed by atoms with Crippen molar-refractivity contribution in [3.05, 3.63) is 12.7 Å². The van der Waals surface area contributed by atoms with E-state index in [1.807, 2.05) is 0 Å². The summed E-state index contributed by atoms with van der Waals surface area (Å²) in [5.74, 6) is -1.10. The summed E-state index contributed by atoms with van der Waals surface area (Å²) in [6.45, 7) is 14.4. The highest BCUT2D eigenvalue weighted by Gasteiger charge is 2.27. The van der Waals surface area contributed by atoms with Crippen molar-refractivity contribution in [2.24, 2.45) is 0 Å². The molecular weight excluding hydrogens is 338 g/mol. The fourth-order valence-electron chi connectivity index (χ4n) is 2.75. The van der Waals surface area contributed by atoms with Crippen molar-refractivity contribution in [2.75, 3.05) is 79.5 Å². The highest BCUT2D eigenvalue weighted by Crippen LogP contribution is 2.18. The number of nitrogens with zero attached hydrogens (tertiary/aromatic N) is 1. The molecule has 0 aliphatic carbocycles. The van der Waals surface area contributed by atoms with Gasteiger partial charge in [-0.2, -0.15) is 0 Å². The molecule has 7 heteroatoms. The Hall–Kier alpha value is -0.990. The Morgan fingerprint density at radius 1 is 1.00 bits per heavy atom. The monoisotopic (exact) mass is 375 g/mol.